The second-order valence-corrected chi connectivity index (χ2v) is 5.54. The molecule has 0 fully saturated rings. The zero-order valence-corrected chi connectivity index (χ0v) is 15.3. The summed E-state index contributed by atoms with van der Waals surface area (Å²) >= 11 is 0. The van der Waals surface area contributed by atoms with E-state index in [2.05, 4.69) is 43.4 Å². The van der Waals surface area contributed by atoms with Crippen LogP contribution in [-0.2, 0) is 4.79 Å². The molecule has 0 aromatic carbocycles. The monoisotopic (exact) mass is 344 g/mol. The first kappa shape index (κ1) is 22.7. The Morgan fingerprint density at radius 2 is 1.24 bits per heavy atom. The summed E-state index contributed by atoms with van der Waals surface area (Å²) in [6.07, 6.45) is 28.0. The fraction of sp³-hybridized carbons (Fsp3) is 0.409. The van der Waals surface area contributed by atoms with Gasteiger partial charge in [0, 0.05) is 12.8 Å². The second-order valence-electron chi connectivity index (χ2n) is 5.54. The average Bonchev–Trinajstić information content (AvgIpc) is 2.58. The molecule has 3 nitrogen and oxygen atoms in total. The molecule has 0 rings (SSSR count). The molecule has 0 bridgehead atoms. The van der Waals surface area contributed by atoms with Gasteiger partial charge < -0.3 is 10.2 Å². The molecule has 0 aliphatic rings. The zero-order chi connectivity index (χ0) is 18.6. The Labute approximate surface area is 152 Å². The summed E-state index contributed by atoms with van der Waals surface area (Å²) in [5, 5.41) is 18.2. The van der Waals surface area contributed by atoms with Crippen LogP contribution < -0.4 is 0 Å². The van der Waals surface area contributed by atoms with E-state index >= 15 is 0 Å². The molecule has 0 aromatic rings. The fourth-order valence-corrected chi connectivity index (χ4v) is 1.89. The fourth-order valence-electron chi connectivity index (χ4n) is 1.89. The molecule has 0 radical (unpaired) electrons. The van der Waals surface area contributed by atoms with E-state index < -0.39 is 5.97 Å². The number of aliphatic carboxylic acids is 1. The maximum atomic E-state index is 10.3. The Hall–Kier alpha value is -2.29. The maximum Gasteiger partial charge on any atom is 0.303 e. The van der Waals surface area contributed by atoms with Gasteiger partial charge in [0.2, 0.25) is 0 Å². The molecule has 0 saturated heterocycles. The zero-order valence-electron chi connectivity index (χ0n) is 15.3. The van der Waals surface area contributed by atoms with Crippen molar-refractivity contribution in [3.05, 3.63) is 72.6 Å². The molecule has 0 aliphatic heterocycles. The standard InChI is InChI=1S/C22H32O3/c1-2-3-4-5-6-7-8-9-12-15-18-21(23)19-16-13-10-11-14-17-20-22(24)25/h3-4,6-7,9,11-14,16,18,23H,2,5,8,10,15,17,19-20H2,1H3,(H,24,25)/b4-3-,7-6-,12-9-,14-11-,16-13-,21-18+. The number of hydrogen-bond acceptors (Lipinski definition) is 2. The van der Waals surface area contributed by atoms with Crippen molar-refractivity contribution < 1.29 is 15.0 Å². The van der Waals surface area contributed by atoms with E-state index in [-0.39, 0.29) is 6.42 Å². The first-order chi connectivity index (χ1) is 12.2. The van der Waals surface area contributed by atoms with Crippen LogP contribution in [0.15, 0.2) is 72.6 Å². The third kappa shape index (κ3) is 19.7. The van der Waals surface area contributed by atoms with Gasteiger partial charge in [-0.1, -0.05) is 67.7 Å². The van der Waals surface area contributed by atoms with E-state index in [4.69, 9.17) is 5.11 Å². The summed E-state index contributed by atoms with van der Waals surface area (Å²) in [6, 6.07) is 0. The maximum absolute atomic E-state index is 10.3. The highest BCUT2D eigenvalue weighted by Gasteiger charge is 1.91. The molecule has 138 valence electrons. The molecule has 3 heteroatoms. The Balaban J connectivity index is 3.73. The lowest BCUT2D eigenvalue weighted by Gasteiger charge is -1.93. The number of hydrogen-bond donors (Lipinski definition) is 2. The third-order valence-corrected chi connectivity index (χ3v) is 3.23. The Kier molecular flexibility index (Phi) is 16.4. The van der Waals surface area contributed by atoms with E-state index in [0.717, 1.165) is 32.1 Å². The summed E-state index contributed by atoms with van der Waals surface area (Å²) in [4.78, 5) is 10.3. The highest BCUT2D eigenvalue weighted by molar-refractivity contribution is 5.66. The molecule has 2 N–H and O–H groups in total. The number of carboxylic acid groups (broad SMARTS) is 1. The number of rotatable bonds is 14. The molecular formula is C22H32O3. The van der Waals surface area contributed by atoms with Gasteiger partial charge in [-0.15, -0.1) is 0 Å². The predicted octanol–water partition coefficient (Wildman–Crippen LogP) is 6.43. The minimum atomic E-state index is -0.774. The molecule has 0 saturated carbocycles. The van der Waals surface area contributed by atoms with Crippen LogP contribution in [0.4, 0.5) is 0 Å². The number of aliphatic hydroxyl groups excluding tert-OH is 1. The largest absolute Gasteiger partial charge is 0.512 e. The topological polar surface area (TPSA) is 57.5 Å². The highest BCUT2D eigenvalue weighted by Crippen LogP contribution is 2.02. The van der Waals surface area contributed by atoms with Crippen molar-refractivity contribution in [1.82, 2.24) is 0 Å². The van der Waals surface area contributed by atoms with Gasteiger partial charge in [0.15, 0.2) is 0 Å². The van der Waals surface area contributed by atoms with Crippen LogP contribution in [0.3, 0.4) is 0 Å². The smallest absolute Gasteiger partial charge is 0.303 e. The van der Waals surface area contributed by atoms with E-state index in [1.54, 1.807) is 0 Å². The van der Waals surface area contributed by atoms with Gasteiger partial charge >= 0.3 is 5.97 Å². The van der Waals surface area contributed by atoms with Crippen molar-refractivity contribution in [2.45, 2.75) is 58.3 Å². The van der Waals surface area contributed by atoms with Crippen molar-refractivity contribution in [3.63, 3.8) is 0 Å². The van der Waals surface area contributed by atoms with Gasteiger partial charge in [-0.3, -0.25) is 4.79 Å². The number of allylic oxidation sites excluding steroid dienone is 11. The molecule has 0 spiro atoms. The number of carbonyl (C=O) groups is 1. The van der Waals surface area contributed by atoms with Crippen LogP contribution in [0.1, 0.15) is 58.3 Å². The van der Waals surface area contributed by atoms with Gasteiger partial charge in [-0.05, 0) is 44.6 Å². The van der Waals surface area contributed by atoms with Crippen molar-refractivity contribution in [3.8, 4) is 0 Å². The summed E-state index contributed by atoms with van der Waals surface area (Å²) in [6.45, 7) is 2.13. The van der Waals surface area contributed by atoms with Crippen LogP contribution in [-0.4, -0.2) is 16.2 Å². The van der Waals surface area contributed by atoms with Gasteiger partial charge in [0.25, 0.3) is 0 Å². The number of aliphatic hydroxyl groups is 1. The predicted molar refractivity (Wildman–Crippen MR) is 107 cm³/mol. The molecule has 25 heavy (non-hydrogen) atoms. The SMILES string of the molecule is CC/C=C\C/C=C\C/C=C\C/C=C(/O)C/C=C\C/C=C\CCC(=O)O. The van der Waals surface area contributed by atoms with Crippen LogP contribution >= 0.6 is 0 Å². The minimum absolute atomic E-state index is 0.170. The second kappa shape index (κ2) is 18.1. The lowest BCUT2D eigenvalue weighted by Crippen LogP contribution is -1.91. The molecule has 0 amide bonds. The first-order valence-electron chi connectivity index (χ1n) is 9.01. The Morgan fingerprint density at radius 3 is 1.84 bits per heavy atom. The van der Waals surface area contributed by atoms with Gasteiger partial charge in [0.1, 0.15) is 0 Å². The summed E-state index contributed by atoms with van der Waals surface area (Å²) in [5.74, 6) is -0.402. The number of carboxylic acids is 1. The van der Waals surface area contributed by atoms with Crippen molar-refractivity contribution in [2.75, 3.05) is 0 Å². The molecule has 0 heterocycles. The van der Waals surface area contributed by atoms with Crippen molar-refractivity contribution in [2.24, 2.45) is 0 Å². The van der Waals surface area contributed by atoms with Gasteiger partial charge in [-0.25, -0.2) is 0 Å². The quantitative estimate of drug-likeness (QED) is 0.282. The summed E-state index contributed by atoms with van der Waals surface area (Å²) < 4.78 is 0. The molecule has 0 unspecified atom stereocenters. The minimum Gasteiger partial charge on any atom is -0.512 e. The molecule has 0 aromatic heterocycles. The highest BCUT2D eigenvalue weighted by atomic mass is 16.4. The van der Waals surface area contributed by atoms with Crippen LogP contribution in [0, 0.1) is 0 Å². The van der Waals surface area contributed by atoms with E-state index in [0.29, 0.717) is 18.6 Å². The third-order valence-electron chi connectivity index (χ3n) is 3.23. The van der Waals surface area contributed by atoms with Crippen molar-refractivity contribution >= 4 is 5.97 Å². The van der Waals surface area contributed by atoms with Crippen LogP contribution in [0.5, 0.6) is 0 Å². The Bertz CT molecular complexity index is 505. The molecular weight excluding hydrogens is 312 g/mol. The van der Waals surface area contributed by atoms with E-state index in [1.807, 2.05) is 30.4 Å². The lowest BCUT2D eigenvalue weighted by atomic mass is 10.2. The lowest BCUT2D eigenvalue weighted by molar-refractivity contribution is -0.136. The molecule has 0 aliphatic carbocycles. The Morgan fingerprint density at radius 1 is 0.720 bits per heavy atom. The van der Waals surface area contributed by atoms with E-state index in [9.17, 15) is 9.90 Å². The summed E-state index contributed by atoms with van der Waals surface area (Å²) in [7, 11) is 0. The average molecular weight is 344 g/mol. The van der Waals surface area contributed by atoms with Crippen LogP contribution in [0.25, 0.3) is 0 Å². The molecule has 0 atom stereocenters. The van der Waals surface area contributed by atoms with Gasteiger partial charge in [0.05, 0.1) is 5.76 Å². The van der Waals surface area contributed by atoms with E-state index in [1.165, 1.54) is 0 Å². The normalized spacial score (nSPS) is 13.4. The first-order valence-corrected chi connectivity index (χ1v) is 9.01. The van der Waals surface area contributed by atoms with Gasteiger partial charge in [-0.2, -0.15) is 0 Å². The summed E-state index contributed by atoms with van der Waals surface area (Å²) in [5.41, 5.74) is 0. The van der Waals surface area contributed by atoms with Crippen molar-refractivity contribution in [1.29, 1.82) is 0 Å². The van der Waals surface area contributed by atoms with Crippen LogP contribution in [0.2, 0.25) is 0 Å².